The number of rotatable bonds is 6. The Bertz CT molecular complexity index is 2480. The zero-order valence-electron chi connectivity index (χ0n) is 33.0. The van der Waals surface area contributed by atoms with E-state index in [-0.39, 0.29) is 24.8 Å². The molecule has 0 heterocycles. The van der Waals surface area contributed by atoms with Gasteiger partial charge in [0.05, 0.1) is 0 Å². The summed E-state index contributed by atoms with van der Waals surface area (Å²) in [5.41, 5.74) is 21.4. The van der Waals surface area contributed by atoms with Crippen molar-refractivity contribution >= 4 is 41.2 Å². The minimum atomic E-state index is -4.60. The van der Waals surface area contributed by atoms with Gasteiger partial charge in [0.1, 0.15) is 0 Å². The fourth-order valence-electron chi connectivity index (χ4n) is 10.1. The molecular weight excluding hydrogens is 731 g/mol. The Morgan fingerprint density at radius 1 is 0.500 bits per heavy atom. The van der Waals surface area contributed by atoms with Gasteiger partial charge in [0.2, 0.25) is 0 Å². The van der Waals surface area contributed by atoms with Crippen LogP contribution in [0.1, 0.15) is 62.1 Å². The van der Waals surface area contributed by atoms with E-state index in [1.54, 1.807) is 0 Å². The first kappa shape index (κ1) is 39.7. The average Bonchev–Trinajstić information content (AvgIpc) is 3.77. The van der Waals surface area contributed by atoms with Gasteiger partial charge in [0, 0.05) is 0 Å². The van der Waals surface area contributed by atoms with Crippen LogP contribution in [0.15, 0.2) is 125 Å². The zero-order valence-corrected chi connectivity index (χ0v) is 36.2. The number of hydrogen-bond donors (Lipinski definition) is 0. The fraction of sp³-hybridized carbons (Fsp3) is 0.196. The first-order valence-corrected chi connectivity index (χ1v) is 23.1. The molecule has 0 aromatic heterocycles. The van der Waals surface area contributed by atoms with E-state index in [0.717, 1.165) is 12.8 Å². The third-order valence-corrected chi connectivity index (χ3v) is 22.8. The molecule has 54 heavy (non-hydrogen) atoms. The van der Waals surface area contributed by atoms with Crippen molar-refractivity contribution in [3.63, 3.8) is 0 Å². The van der Waals surface area contributed by atoms with E-state index in [1.807, 2.05) is 0 Å². The van der Waals surface area contributed by atoms with Crippen molar-refractivity contribution < 1.29 is 14.8 Å². The number of allylic oxidation sites excluding steroid dienone is 4. The molecule has 0 N–H and O–H groups in total. The second kappa shape index (κ2) is 14.6. The van der Waals surface area contributed by atoms with E-state index in [4.69, 9.17) is 4.82 Å². The van der Waals surface area contributed by atoms with Crippen LogP contribution in [0.3, 0.4) is 0 Å². The molecule has 0 unspecified atom stereocenters. The third kappa shape index (κ3) is 6.07. The summed E-state index contributed by atoms with van der Waals surface area (Å²) in [5.74, 6) is 0. The minimum absolute atomic E-state index is 0. The van der Waals surface area contributed by atoms with Gasteiger partial charge in [-0.25, -0.2) is 0 Å². The number of hydrogen-bond acceptors (Lipinski definition) is 0. The van der Waals surface area contributed by atoms with Gasteiger partial charge in [-0.3, -0.25) is 0 Å². The van der Waals surface area contributed by atoms with Gasteiger partial charge in [0.15, 0.2) is 0 Å². The Morgan fingerprint density at radius 3 is 1.46 bits per heavy atom. The topological polar surface area (TPSA) is 0 Å². The summed E-state index contributed by atoms with van der Waals surface area (Å²) in [4.78, 5) is 5.77. The number of benzene rings is 6. The van der Waals surface area contributed by atoms with Crippen molar-refractivity contribution in [3.8, 4) is 33.4 Å². The summed E-state index contributed by atoms with van der Waals surface area (Å²) < 4.78 is 5.73. The number of fused-ring (bicyclic) bond motifs is 3. The first-order chi connectivity index (χ1) is 24.9. The maximum absolute atomic E-state index is 5.77. The molecule has 3 heteroatoms. The summed E-state index contributed by atoms with van der Waals surface area (Å²) in [5, 5.41) is 0. The van der Waals surface area contributed by atoms with Gasteiger partial charge in [0.25, 0.3) is 0 Å². The van der Waals surface area contributed by atoms with Crippen molar-refractivity contribution in [3.05, 3.63) is 181 Å². The van der Waals surface area contributed by atoms with E-state index >= 15 is 0 Å². The van der Waals surface area contributed by atoms with Crippen LogP contribution in [0.2, 0.25) is 0 Å². The van der Waals surface area contributed by atoms with E-state index < -0.39 is 14.8 Å². The summed E-state index contributed by atoms with van der Waals surface area (Å²) >= 11 is -4.60. The molecule has 6 aromatic carbocycles. The van der Waals surface area contributed by atoms with Crippen LogP contribution in [0.5, 0.6) is 0 Å². The SMILES string of the molecule is Cl.Cl.[CH2]=[Ti]([C]1=CC=CC1)([c]1ccc(C)cc1)([c]1ccc(C)cc1)[c]1cc(-c2c(C)cc(C)cc2C)cc2c1Cc1ccc(-c3c(C)cc(C)cc3C)cc1-2. The molecular formula is C51H52Cl2Ti. The molecule has 6 aromatic rings. The average molecular weight is 784 g/mol. The number of aryl methyl sites for hydroxylation is 8. The van der Waals surface area contributed by atoms with E-state index in [0.29, 0.717) is 0 Å². The van der Waals surface area contributed by atoms with E-state index in [2.05, 4.69) is 177 Å². The van der Waals surface area contributed by atoms with Crippen molar-refractivity contribution in [2.24, 2.45) is 0 Å². The molecule has 0 bridgehead atoms. The van der Waals surface area contributed by atoms with Gasteiger partial charge in [-0.15, -0.1) is 24.8 Å². The Kier molecular flexibility index (Phi) is 10.7. The summed E-state index contributed by atoms with van der Waals surface area (Å²) in [6.07, 6.45) is 8.88. The van der Waals surface area contributed by atoms with E-state index in [1.165, 1.54) is 104 Å². The van der Waals surface area contributed by atoms with Crippen LogP contribution in [0, 0.1) is 55.4 Å². The predicted molar refractivity (Wildman–Crippen MR) is 239 cm³/mol. The Labute approximate surface area is 336 Å². The Balaban J connectivity index is 0.00000249. The molecule has 0 saturated heterocycles. The van der Waals surface area contributed by atoms with Crippen LogP contribution in [-0.2, 0) is 21.3 Å². The number of halogens is 2. The molecule has 2 aliphatic rings. The molecule has 8 rings (SSSR count). The van der Waals surface area contributed by atoms with Gasteiger partial charge in [-0.05, 0) is 0 Å². The fourth-order valence-corrected chi connectivity index (χ4v) is 19.8. The molecule has 2 aliphatic carbocycles. The standard InChI is InChI=1S/C31H29.2C7H7.C5H5.CH2.2ClH.Ti/c1-18-11-20(3)30(21(4)12-18)26-9-7-24-15-25-8-10-27(17-29(25)28(24)16-26)31-22(5)13-19(2)14-23(31)6;2*1-7-5-3-2-4-6-7;1-2-4-5-3-1;;;;/h7,9-14,16-17H,15H2,1-6H3;2*3-6H,1H3;1-3H,4H2;1H2;2*1H;. The molecule has 0 fully saturated rings. The second-order valence-corrected chi connectivity index (χ2v) is 24.4. The quantitative estimate of drug-likeness (QED) is 0.147. The van der Waals surface area contributed by atoms with E-state index in [9.17, 15) is 0 Å². The van der Waals surface area contributed by atoms with Crippen molar-refractivity contribution in [1.29, 1.82) is 0 Å². The Hall–Kier alpha value is -4.04. The van der Waals surface area contributed by atoms with Crippen molar-refractivity contribution in [2.75, 3.05) is 0 Å². The molecule has 0 saturated carbocycles. The molecule has 0 radical (unpaired) electrons. The summed E-state index contributed by atoms with van der Waals surface area (Å²) in [7, 11) is 0. The van der Waals surface area contributed by atoms with Gasteiger partial charge < -0.3 is 0 Å². The predicted octanol–water partition coefficient (Wildman–Crippen LogP) is 12.1. The van der Waals surface area contributed by atoms with Gasteiger partial charge in [-0.2, -0.15) is 0 Å². The molecule has 0 amide bonds. The van der Waals surface area contributed by atoms with Crippen LogP contribution < -0.4 is 11.6 Å². The van der Waals surface area contributed by atoms with Crippen LogP contribution in [-0.4, -0.2) is 4.82 Å². The zero-order chi connectivity index (χ0) is 36.6. The molecule has 274 valence electrons. The molecule has 0 atom stereocenters. The molecule has 0 nitrogen and oxygen atoms in total. The van der Waals surface area contributed by atoms with Crippen LogP contribution >= 0.6 is 24.8 Å². The monoisotopic (exact) mass is 782 g/mol. The maximum atomic E-state index is 5.77. The molecule has 0 spiro atoms. The normalized spacial score (nSPS) is 13.2. The van der Waals surface area contributed by atoms with Gasteiger partial charge in [-0.1, -0.05) is 0 Å². The Morgan fingerprint density at radius 2 is 0.981 bits per heavy atom. The summed E-state index contributed by atoms with van der Waals surface area (Å²) in [6.45, 7) is 17.9. The second-order valence-electron chi connectivity index (χ2n) is 16.2. The van der Waals surface area contributed by atoms with Crippen molar-refractivity contribution in [1.82, 2.24) is 0 Å². The van der Waals surface area contributed by atoms with Crippen LogP contribution in [0.25, 0.3) is 33.4 Å². The van der Waals surface area contributed by atoms with Gasteiger partial charge >= 0.3 is 314 Å². The first-order valence-electron chi connectivity index (χ1n) is 18.9. The molecule has 0 aliphatic heterocycles. The van der Waals surface area contributed by atoms with Crippen molar-refractivity contribution in [2.45, 2.75) is 68.2 Å². The summed E-state index contributed by atoms with van der Waals surface area (Å²) in [6, 6.07) is 40.7. The van der Waals surface area contributed by atoms with Crippen LogP contribution in [0.4, 0.5) is 0 Å². The third-order valence-electron chi connectivity index (χ3n) is 12.4.